The summed E-state index contributed by atoms with van der Waals surface area (Å²) < 4.78 is 0. The van der Waals surface area contributed by atoms with E-state index in [1.165, 1.54) is 0 Å². The third kappa shape index (κ3) is 2.38. The largest absolute Gasteiger partial charge is 0.327 e. The first kappa shape index (κ1) is 10.9. The molecule has 5 nitrogen and oxygen atoms in total. The number of nitrogens with two attached hydrogens (primary N) is 1. The van der Waals surface area contributed by atoms with Crippen molar-refractivity contribution in [3.63, 3.8) is 0 Å². The molecule has 2 unspecified atom stereocenters. The third-order valence-electron chi connectivity index (χ3n) is 2.73. The van der Waals surface area contributed by atoms with Crippen molar-refractivity contribution in [2.75, 3.05) is 21.1 Å². The van der Waals surface area contributed by atoms with Crippen LogP contribution in [0.25, 0.3) is 0 Å². The molecule has 1 aliphatic heterocycles. The first-order valence-corrected chi connectivity index (χ1v) is 4.74. The third-order valence-corrected chi connectivity index (χ3v) is 2.73. The van der Waals surface area contributed by atoms with E-state index in [1.807, 2.05) is 21.1 Å². The molecule has 6 N–H and O–H groups in total. The summed E-state index contributed by atoms with van der Waals surface area (Å²) in [7, 11) is 5.79. The average Bonchev–Trinajstić information content (AvgIpc) is 2.16. The predicted octanol–water partition coefficient (Wildman–Crippen LogP) is -1.66. The molecule has 78 valence electrons. The van der Waals surface area contributed by atoms with Crippen molar-refractivity contribution in [2.45, 2.75) is 30.8 Å². The van der Waals surface area contributed by atoms with Crippen LogP contribution < -0.4 is 27.0 Å². The van der Waals surface area contributed by atoms with Crippen LogP contribution in [0.4, 0.5) is 0 Å². The van der Waals surface area contributed by atoms with Crippen LogP contribution in [0.1, 0.15) is 12.8 Å². The topological polar surface area (TPSA) is 74.1 Å². The summed E-state index contributed by atoms with van der Waals surface area (Å²) in [5, 5.41) is 13.1. The molecule has 0 saturated carbocycles. The lowest BCUT2D eigenvalue weighted by Gasteiger charge is -2.44. The normalized spacial score (nSPS) is 33.2. The zero-order valence-electron chi connectivity index (χ0n) is 8.65. The molecular weight excluding hydrogens is 166 g/mol. The number of nitrogens with one attached hydrogen (secondary N) is 4. The van der Waals surface area contributed by atoms with Crippen molar-refractivity contribution in [3.05, 3.63) is 0 Å². The Labute approximate surface area is 79.8 Å². The van der Waals surface area contributed by atoms with E-state index in [0.717, 1.165) is 12.8 Å². The van der Waals surface area contributed by atoms with Gasteiger partial charge < -0.3 is 11.1 Å². The Bertz CT molecular complexity index is 157. The van der Waals surface area contributed by atoms with Crippen LogP contribution >= 0.6 is 0 Å². The Balaban J connectivity index is 2.64. The predicted molar refractivity (Wildman–Crippen MR) is 54.0 cm³/mol. The van der Waals surface area contributed by atoms with Gasteiger partial charge in [0.2, 0.25) is 0 Å². The molecule has 0 bridgehead atoms. The van der Waals surface area contributed by atoms with E-state index in [-0.39, 0.29) is 18.0 Å². The highest BCUT2D eigenvalue weighted by atomic mass is 15.4. The first-order valence-electron chi connectivity index (χ1n) is 4.74. The summed E-state index contributed by atoms with van der Waals surface area (Å²) >= 11 is 0. The number of rotatable bonds is 3. The molecule has 2 atom stereocenters. The molecule has 0 aromatic heterocycles. The van der Waals surface area contributed by atoms with E-state index >= 15 is 0 Å². The molecule has 1 fully saturated rings. The second-order valence-corrected chi connectivity index (χ2v) is 3.59. The lowest BCUT2D eigenvalue weighted by Crippen LogP contribution is -2.73. The van der Waals surface area contributed by atoms with Crippen molar-refractivity contribution in [3.8, 4) is 0 Å². The molecule has 0 aromatic carbocycles. The standard InChI is InChI=1S/C8H21N5/c1-10-7-4-6(9)5-8(11-2,12-3)13-7/h6-7,10-13H,4-5,9H2,1-3H3. The van der Waals surface area contributed by atoms with Gasteiger partial charge in [-0.3, -0.25) is 16.0 Å². The van der Waals surface area contributed by atoms with Gasteiger partial charge in [-0.2, -0.15) is 0 Å². The van der Waals surface area contributed by atoms with Gasteiger partial charge in [0.15, 0.2) is 0 Å². The Kier molecular flexibility index (Phi) is 3.63. The van der Waals surface area contributed by atoms with Crippen LogP contribution in [0.3, 0.4) is 0 Å². The van der Waals surface area contributed by atoms with Crippen LogP contribution in [0.15, 0.2) is 0 Å². The van der Waals surface area contributed by atoms with E-state index in [2.05, 4.69) is 21.3 Å². The van der Waals surface area contributed by atoms with E-state index in [1.54, 1.807) is 0 Å². The van der Waals surface area contributed by atoms with Crippen LogP contribution in [0.2, 0.25) is 0 Å². The summed E-state index contributed by atoms with van der Waals surface area (Å²) in [6.45, 7) is 0. The Morgan fingerprint density at radius 1 is 1.31 bits per heavy atom. The molecule has 1 heterocycles. The Hall–Kier alpha value is -0.200. The van der Waals surface area contributed by atoms with Gasteiger partial charge in [0.1, 0.15) is 5.79 Å². The lowest BCUT2D eigenvalue weighted by atomic mass is 9.98. The number of hydrogen-bond acceptors (Lipinski definition) is 5. The maximum absolute atomic E-state index is 5.97. The Morgan fingerprint density at radius 3 is 2.38 bits per heavy atom. The second-order valence-electron chi connectivity index (χ2n) is 3.59. The van der Waals surface area contributed by atoms with Crippen molar-refractivity contribution < 1.29 is 0 Å². The van der Waals surface area contributed by atoms with Gasteiger partial charge in [-0.25, -0.2) is 0 Å². The van der Waals surface area contributed by atoms with Gasteiger partial charge in [-0.05, 0) is 27.6 Å². The fourth-order valence-corrected chi connectivity index (χ4v) is 1.86. The van der Waals surface area contributed by atoms with Gasteiger partial charge in [-0.15, -0.1) is 0 Å². The molecule has 0 aromatic rings. The molecule has 13 heavy (non-hydrogen) atoms. The molecule has 0 amide bonds. The van der Waals surface area contributed by atoms with E-state index in [9.17, 15) is 0 Å². The maximum Gasteiger partial charge on any atom is 0.125 e. The monoisotopic (exact) mass is 187 g/mol. The summed E-state index contributed by atoms with van der Waals surface area (Å²) in [6.07, 6.45) is 2.11. The molecule has 1 saturated heterocycles. The van der Waals surface area contributed by atoms with Gasteiger partial charge in [0, 0.05) is 12.5 Å². The zero-order chi connectivity index (χ0) is 9.90. The highest BCUT2D eigenvalue weighted by Crippen LogP contribution is 2.15. The summed E-state index contributed by atoms with van der Waals surface area (Å²) in [5.41, 5.74) is 5.97. The zero-order valence-corrected chi connectivity index (χ0v) is 8.65. The molecular formula is C8H21N5. The minimum Gasteiger partial charge on any atom is -0.327 e. The van der Waals surface area contributed by atoms with E-state index in [4.69, 9.17) is 5.73 Å². The van der Waals surface area contributed by atoms with Crippen LogP contribution in [0.5, 0.6) is 0 Å². The van der Waals surface area contributed by atoms with Gasteiger partial charge >= 0.3 is 0 Å². The molecule has 5 heteroatoms. The van der Waals surface area contributed by atoms with E-state index < -0.39 is 0 Å². The molecule has 0 radical (unpaired) electrons. The van der Waals surface area contributed by atoms with E-state index in [0.29, 0.717) is 0 Å². The number of piperidine rings is 1. The van der Waals surface area contributed by atoms with Crippen LogP contribution in [-0.4, -0.2) is 39.1 Å². The smallest absolute Gasteiger partial charge is 0.125 e. The Morgan fingerprint density at radius 2 is 1.92 bits per heavy atom. The quantitative estimate of drug-likeness (QED) is 0.342. The second kappa shape index (κ2) is 4.34. The van der Waals surface area contributed by atoms with Crippen molar-refractivity contribution in [1.82, 2.24) is 21.3 Å². The minimum atomic E-state index is -0.231. The van der Waals surface area contributed by atoms with Crippen molar-refractivity contribution in [2.24, 2.45) is 5.73 Å². The SMILES string of the molecule is CNC1CC(N)CC(NC)(NC)N1. The fraction of sp³-hybridized carbons (Fsp3) is 1.00. The van der Waals surface area contributed by atoms with Gasteiger partial charge in [-0.1, -0.05) is 0 Å². The first-order chi connectivity index (χ1) is 6.15. The highest BCUT2D eigenvalue weighted by molar-refractivity contribution is 4.93. The highest BCUT2D eigenvalue weighted by Gasteiger charge is 2.35. The van der Waals surface area contributed by atoms with Gasteiger partial charge in [0.05, 0.1) is 6.17 Å². The summed E-state index contributed by atoms with van der Waals surface area (Å²) in [4.78, 5) is 0. The van der Waals surface area contributed by atoms with Crippen LogP contribution in [-0.2, 0) is 0 Å². The van der Waals surface area contributed by atoms with Crippen molar-refractivity contribution in [1.29, 1.82) is 0 Å². The summed E-state index contributed by atoms with van der Waals surface area (Å²) in [5.74, 6) is -0.231. The van der Waals surface area contributed by atoms with Crippen LogP contribution in [0, 0.1) is 0 Å². The molecule has 1 aliphatic rings. The fourth-order valence-electron chi connectivity index (χ4n) is 1.86. The van der Waals surface area contributed by atoms with Gasteiger partial charge in [0.25, 0.3) is 0 Å². The molecule has 1 rings (SSSR count). The number of hydrogen-bond donors (Lipinski definition) is 5. The summed E-state index contributed by atoms with van der Waals surface area (Å²) in [6, 6.07) is 0.221. The molecule has 0 spiro atoms. The maximum atomic E-state index is 5.97. The van der Waals surface area contributed by atoms with Crippen molar-refractivity contribution >= 4 is 0 Å². The lowest BCUT2D eigenvalue weighted by molar-refractivity contribution is 0.116. The average molecular weight is 187 g/mol. The molecule has 0 aliphatic carbocycles. The minimum absolute atomic E-state index is 0.221.